The predicted molar refractivity (Wildman–Crippen MR) is 57.8 cm³/mol. The van der Waals surface area contributed by atoms with E-state index in [0.717, 1.165) is 0 Å². The van der Waals surface area contributed by atoms with Crippen LogP contribution in [-0.2, 0) is 0 Å². The van der Waals surface area contributed by atoms with Gasteiger partial charge >= 0.3 is 0 Å². The number of H-pyrrole nitrogens is 1. The third kappa shape index (κ3) is 2.22. The van der Waals surface area contributed by atoms with Gasteiger partial charge in [0.05, 0.1) is 0 Å². The Hall–Kier alpha value is -1.68. The predicted octanol–water partition coefficient (Wildman–Crippen LogP) is 1.79. The Bertz CT molecular complexity index is 550. The van der Waals surface area contributed by atoms with Gasteiger partial charge in [-0.25, -0.2) is 9.97 Å². The van der Waals surface area contributed by atoms with E-state index >= 15 is 0 Å². The Morgan fingerprint density at radius 2 is 2.13 bits per heavy atom. The van der Waals surface area contributed by atoms with Gasteiger partial charge in [0, 0.05) is 11.8 Å². The summed E-state index contributed by atoms with van der Waals surface area (Å²) in [5.41, 5.74) is 1.01. The fraction of sp³-hybridized carbons (Fsp3) is 0.100. The van der Waals surface area contributed by atoms with Crippen LogP contribution < -0.4 is 5.56 Å². The van der Waals surface area contributed by atoms with Gasteiger partial charge in [-0.2, -0.15) is 0 Å². The van der Waals surface area contributed by atoms with E-state index in [1.165, 1.54) is 6.07 Å². The summed E-state index contributed by atoms with van der Waals surface area (Å²) in [5.74, 6) is 0.433. The molecule has 1 N–H and O–H groups in total. The largest absolute Gasteiger partial charge is 0.305 e. The molecule has 0 saturated heterocycles. The van der Waals surface area contributed by atoms with Gasteiger partial charge in [0.2, 0.25) is 0 Å². The molecule has 2 aromatic heterocycles. The minimum absolute atomic E-state index is 0.195. The van der Waals surface area contributed by atoms with Crippen LogP contribution in [0.25, 0.3) is 11.5 Å². The van der Waals surface area contributed by atoms with Crippen LogP contribution in [0, 0.1) is 6.92 Å². The highest BCUT2D eigenvalue weighted by atomic mass is 35.5. The minimum atomic E-state index is -0.195. The first-order chi connectivity index (χ1) is 7.15. The number of rotatable bonds is 1. The van der Waals surface area contributed by atoms with E-state index in [1.807, 2.05) is 0 Å². The molecule has 0 unspecified atom stereocenters. The van der Waals surface area contributed by atoms with E-state index in [1.54, 1.807) is 25.1 Å². The number of hydrogen-bond acceptors (Lipinski definition) is 3. The van der Waals surface area contributed by atoms with Crippen LogP contribution >= 0.6 is 11.6 Å². The molecule has 4 nitrogen and oxygen atoms in total. The van der Waals surface area contributed by atoms with Crippen molar-refractivity contribution in [3.8, 4) is 11.5 Å². The van der Waals surface area contributed by atoms with Gasteiger partial charge < -0.3 is 4.98 Å². The summed E-state index contributed by atoms with van der Waals surface area (Å²) in [6.45, 7) is 1.75. The zero-order valence-electron chi connectivity index (χ0n) is 7.99. The van der Waals surface area contributed by atoms with Crippen molar-refractivity contribution in [2.24, 2.45) is 0 Å². The molecule has 76 valence electrons. The van der Waals surface area contributed by atoms with Crippen molar-refractivity contribution in [1.82, 2.24) is 15.0 Å². The van der Waals surface area contributed by atoms with Crippen molar-refractivity contribution in [3.63, 3.8) is 0 Å². The average Bonchev–Trinajstić information content (AvgIpc) is 2.16. The molecule has 0 atom stereocenters. The van der Waals surface area contributed by atoms with E-state index in [9.17, 15) is 4.79 Å². The lowest BCUT2D eigenvalue weighted by Gasteiger charge is -2.00. The average molecular weight is 222 g/mol. The molecule has 0 amide bonds. The summed E-state index contributed by atoms with van der Waals surface area (Å²) >= 11 is 5.74. The normalized spacial score (nSPS) is 10.3. The van der Waals surface area contributed by atoms with Gasteiger partial charge in [0.15, 0.2) is 5.82 Å². The van der Waals surface area contributed by atoms with Crippen LogP contribution in [0.15, 0.2) is 29.1 Å². The van der Waals surface area contributed by atoms with Crippen LogP contribution in [0.3, 0.4) is 0 Å². The van der Waals surface area contributed by atoms with Crippen molar-refractivity contribution in [3.05, 3.63) is 45.5 Å². The van der Waals surface area contributed by atoms with E-state index in [-0.39, 0.29) is 5.56 Å². The number of nitrogens with zero attached hydrogens (tertiary/aromatic N) is 2. The number of nitrogens with one attached hydrogen (secondary N) is 1. The van der Waals surface area contributed by atoms with Gasteiger partial charge in [-0.1, -0.05) is 17.7 Å². The monoisotopic (exact) mass is 221 g/mol. The molecule has 0 radical (unpaired) electrons. The molecule has 0 spiro atoms. The summed E-state index contributed by atoms with van der Waals surface area (Å²) in [6, 6.07) is 6.59. The van der Waals surface area contributed by atoms with Gasteiger partial charge in [0.1, 0.15) is 10.8 Å². The topological polar surface area (TPSA) is 58.6 Å². The lowest BCUT2D eigenvalue weighted by molar-refractivity contribution is 1.06. The highest BCUT2D eigenvalue weighted by molar-refractivity contribution is 6.29. The maximum atomic E-state index is 11.2. The minimum Gasteiger partial charge on any atom is -0.305 e. The quantitative estimate of drug-likeness (QED) is 0.747. The molecule has 2 heterocycles. The van der Waals surface area contributed by atoms with Crippen LogP contribution in [0.2, 0.25) is 5.15 Å². The molecule has 2 aromatic rings. The zero-order chi connectivity index (χ0) is 10.8. The van der Waals surface area contributed by atoms with Gasteiger partial charge in [-0.15, -0.1) is 0 Å². The Labute approximate surface area is 91.0 Å². The number of aryl methyl sites for hydroxylation is 1. The Morgan fingerprint density at radius 3 is 2.80 bits per heavy atom. The summed E-state index contributed by atoms with van der Waals surface area (Å²) in [4.78, 5) is 22.0. The second-order valence-corrected chi connectivity index (χ2v) is 3.47. The van der Waals surface area contributed by atoms with E-state index in [2.05, 4.69) is 15.0 Å². The molecule has 0 aliphatic heterocycles. The third-order valence-electron chi connectivity index (χ3n) is 1.83. The Balaban J connectivity index is 2.59. The van der Waals surface area contributed by atoms with Crippen molar-refractivity contribution >= 4 is 11.6 Å². The lowest BCUT2D eigenvalue weighted by Crippen LogP contribution is -2.09. The summed E-state index contributed by atoms with van der Waals surface area (Å²) in [7, 11) is 0. The van der Waals surface area contributed by atoms with Crippen molar-refractivity contribution in [1.29, 1.82) is 0 Å². The number of halogens is 1. The molecular formula is C10H8ClN3O. The highest BCUT2D eigenvalue weighted by Gasteiger charge is 2.03. The first-order valence-corrected chi connectivity index (χ1v) is 4.74. The van der Waals surface area contributed by atoms with E-state index in [4.69, 9.17) is 11.6 Å². The fourth-order valence-corrected chi connectivity index (χ4v) is 1.40. The molecular weight excluding hydrogens is 214 g/mol. The maximum Gasteiger partial charge on any atom is 0.251 e. The third-order valence-corrected chi connectivity index (χ3v) is 2.04. The number of pyridine rings is 1. The molecule has 0 fully saturated rings. The first-order valence-electron chi connectivity index (χ1n) is 4.36. The van der Waals surface area contributed by atoms with Crippen molar-refractivity contribution in [2.45, 2.75) is 6.92 Å². The van der Waals surface area contributed by atoms with Gasteiger partial charge in [0.25, 0.3) is 5.56 Å². The maximum absolute atomic E-state index is 11.2. The van der Waals surface area contributed by atoms with Crippen LogP contribution in [0.5, 0.6) is 0 Å². The summed E-state index contributed by atoms with van der Waals surface area (Å²) in [5, 5.41) is 0.372. The second kappa shape index (κ2) is 3.82. The summed E-state index contributed by atoms with van der Waals surface area (Å²) < 4.78 is 0. The van der Waals surface area contributed by atoms with Crippen LogP contribution in [0.1, 0.15) is 5.69 Å². The standard InChI is InChI=1S/C10H8ClN3O/c1-6-5-9(15)14-10(12-6)7-3-2-4-8(11)13-7/h2-5H,1H3,(H,12,14,15). The fourth-order valence-electron chi connectivity index (χ4n) is 1.24. The van der Waals surface area contributed by atoms with E-state index < -0.39 is 0 Å². The molecule has 2 rings (SSSR count). The SMILES string of the molecule is Cc1cc(=O)[nH]c(-c2cccc(Cl)n2)n1. The van der Waals surface area contributed by atoms with Crippen molar-refractivity contribution in [2.75, 3.05) is 0 Å². The lowest BCUT2D eigenvalue weighted by atomic mass is 10.3. The zero-order valence-corrected chi connectivity index (χ0v) is 8.75. The molecule has 0 aliphatic rings. The molecule has 0 saturated carbocycles. The van der Waals surface area contributed by atoms with Gasteiger partial charge in [-0.05, 0) is 19.1 Å². The van der Waals surface area contributed by atoms with Crippen LogP contribution in [-0.4, -0.2) is 15.0 Å². The van der Waals surface area contributed by atoms with E-state index in [0.29, 0.717) is 22.4 Å². The smallest absolute Gasteiger partial charge is 0.251 e. The molecule has 0 aliphatic carbocycles. The van der Waals surface area contributed by atoms with Crippen LogP contribution in [0.4, 0.5) is 0 Å². The molecule has 5 heteroatoms. The Morgan fingerprint density at radius 1 is 1.33 bits per heavy atom. The summed E-state index contributed by atoms with van der Waals surface area (Å²) in [6.07, 6.45) is 0. The van der Waals surface area contributed by atoms with Crippen molar-refractivity contribution < 1.29 is 0 Å². The van der Waals surface area contributed by atoms with Gasteiger partial charge in [-0.3, -0.25) is 4.79 Å². The number of hydrogen-bond donors (Lipinski definition) is 1. The number of aromatic nitrogens is 3. The first kappa shape index (κ1) is 9.86. The number of aromatic amines is 1. The highest BCUT2D eigenvalue weighted by Crippen LogP contribution is 2.13. The second-order valence-electron chi connectivity index (χ2n) is 3.08. The molecule has 0 aromatic carbocycles. The molecule has 15 heavy (non-hydrogen) atoms. The molecule has 0 bridgehead atoms. The Kier molecular flexibility index (Phi) is 2.51.